The van der Waals surface area contributed by atoms with Gasteiger partial charge in [0.15, 0.2) is 0 Å². The number of alkyl halides is 6. The number of aryl methyl sites for hydroxylation is 2. The van der Waals surface area contributed by atoms with E-state index in [9.17, 15) is 31.4 Å². The van der Waals surface area contributed by atoms with Crippen LogP contribution in [0.15, 0.2) is 23.2 Å². The van der Waals surface area contributed by atoms with Crippen molar-refractivity contribution in [2.45, 2.75) is 31.8 Å². The van der Waals surface area contributed by atoms with Crippen molar-refractivity contribution >= 4 is 29.2 Å². The summed E-state index contributed by atoms with van der Waals surface area (Å²) in [6, 6.07) is 4.21. The van der Waals surface area contributed by atoms with Gasteiger partial charge in [-0.15, -0.1) is 11.3 Å². The molecule has 0 aromatic carbocycles. The predicted octanol–water partition coefficient (Wildman–Crippen LogP) is 2.39. The molecule has 0 atom stereocenters. The number of methoxy groups -OCH3 is 1. The minimum atomic E-state index is -5.94. The second kappa shape index (κ2) is 7.52. The summed E-state index contributed by atoms with van der Waals surface area (Å²) in [5, 5.41) is 10.6. The molecule has 12 heteroatoms. The molecule has 0 unspecified atom stereocenters. The van der Waals surface area contributed by atoms with Crippen LogP contribution in [0.5, 0.6) is 5.75 Å². The molecule has 0 saturated heterocycles. The van der Waals surface area contributed by atoms with Gasteiger partial charge in [-0.25, -0.2) is 4.99 Å². The van der Waals surface area contributed by atoms with Gasteiger partial charge >= 0.3 is 12.4 Å². The topological polar surface area (TPSA) is 73.4 Å². The molecule has 0 radical (unpaired) electrons. The van der Waals surface area contributed by atoms with E-state index >= 15 is 0 Å². The highest BCUT2D eigenvalue weighted by Gasteiger charge is 2.72. The summed E-state index contributed by atoms with van der Waals surface area (Å²) in [7, 11) is 1.47. The number of hydrogen-bond donors (Lipinski definition) is 3. The average Bonchev–Trinajstić information content (AvgIpc) is 3.42. The van der Waals surface area contributed by atoms with E-state index < -0.39 is 22.8 Å². The molecule has 0 saturated carbocycles. The zero-order valence-electron chi connectivity index (χ0n) is 17.4. The van der Waals surface area contributed by atoms with Gasteiger partial charge < -0.3 is 19.8 Å². The smallest absolute Gasteiger partial charge is 0.431 e. The maximum atomic E-state index is 13.2. The van der Waals surface area contributed by atoms with Crippen LogP contribution in [0.2, 0.25) is 0 Å². The number of nitrogens with one attached hydrogen (secondary N) is 2. The van der Waals surface area contributed by atoms with Gasteiger partial charge in [-0.1, -0.05) is 0 Å². The SMILES string of the molecule is COc1c/c(=C2\C=c3sc(C(O)(C(F)(F)F)C(F)(F)F)cc3=N2)[nH]/c1=C\c1[nH]c(C)cc1C. The summed E-state index contributed by atoms with van der Waals surface area (Å²) in [6.07, 6.45) is -8.71. The third kappa shape index (κ3) is 3.76. The van der Waals surface area contributed by atoms with E-state index in [-0.39, 0.29) is 21.2 Å². The first kappa shape index (κ1) is 23.2. The first-order valence-corrected chi connectivity index (χ1v) is 10.3. The lowest BCUT2D eigenvalue weighted by molar-refractivity contribution is -0.375. The van der Waals surface area contributed by atoms with Gasteiger partial charge in [-0.05, 0) is 43.7 Å². The zero-order chi connectivity index (χ0) is 24.3. The summed E-state index contributed by atoms with van der Waals surface area (Å²) in [6.45, 7) is 3.84. The number of aromatic amines is 2. The third-order valence-corrected chi connectivity index (χ3v) is 6.39. The van der Waals surface area contributed by atoms with Crippen LogP contribution in [0.3, 0.4) is 0 Å². The molecule has 5 nitrogen and oxygen atoms in total. The van der Waals surface area contributed by atoms with Crippen LogP contribution in [0.1, 0.15) is 21.8 Å². The minimum absolute atomic E-state index is 0.0712. The fourth-order valence-corrected chi connectivity index (χ4v) is 4.70. The molecule has 0 bridgehead atoms. The number of ether oxygens (including phenoxy) is 1. The number of hydrogen-bond acceptors (Lipinski definition) is 4. The van der Waals surface area contributed by atoms with Crippen LogP contribution >= 0.6 is 11.3 Å². The summed E-state index contributed by atoms with van der Waals surface area (Å²) in [5.41, 5.74) is -1.84. The van der Waals surface area contributed by atoms with E-state index in [2.05, 4.69) is 15.0 Å². The molecule has 1 aliphatic rings. The Morgan fingerprint density at radius 3 is 2.21 bits per heavy atom. The second-order valence-corrected chi connectivity index (χ2v) is 8.65. The van der Waals surface area contributed by atoms with Crippen LogP contribution in [0, 0.1) is 13.8 Å². The quantitative estimate of drug-likeness (QED) is 0.495. The number of halogens is 6. The van der Waals surface area contributed by atoms with E-state index in [0.29, 0.717) is 28.2 Å². The first-order valence-electron chi connectivity index (χ1n) is 9.46. The Morgan fingerprint density at radius 1 is 1.03 bits per heavy atom. The number of aromatic nitrogens is 2. The summed E-state index contributed by atoms with van der Waals surface area (Å²) < 4.78 is 84.4. The van der Waals surface area contributed by atoms with Crippen LogP contribution in [0.25, 0.3) is 17.8 Å². The fourth-order valence-electron chi connectivity index (χ4n) is 3.54. The Bertz CT molecular complexity index is 1420. The van der Waals surface area contributed by atoms with Gasteiger partial charge in [0.25, 0.3) is 5.60 Å². The van der Waals surface area contributed by atoms with Crippen LogP contribution in [0.4, 0.5) is 26.3 Å². The van der Waals surface area contributed by atoms with Crippen molar-refractivity contribution in [3.63, 3.8) is 0 Å². The molecule has 0 aliphatic carbocycles. The lowest BCUT2D eigenvalue weighted by Gasteiger charge is -2.31. The van der Waals surface area contributed by atoms with E-state index in [0.717, 1.165) is 17.0 Å². The monoisotopic (exact) mass is 489 g/mol. The van der Waals surface area contributed by atoms with Crippen molar-refractivity contribution in [1.82, 2.24) is 9.97 Å². The largest absolute Gasteiger partial charge is 0.494 e. The minimum Gasteiger partial charge on any atom is -0.494 e. The van der Waals surface area contributed by atoms with Crippen molar-refractivity contribution in [3.05, 3.63) is 60.6 Å². The molecular weight excluding hydrogens is 472 g/mol. The van der Waals surface area contributed by atoms with Gasteiger partial charge in [-0.2, -0.15) is 26.3 Å². The van der Waals surface area contributed by atoms with Crippen molar-refractivity contribution < 1.29 is 36.2 Å². The molecule has 176 valence electrons. The molecule has 0 fully saturated rings. The Morgan fingerprint density at radius 2 is 1.70 bits per heavy atom. The normalized spacial score (nSPS) is 16.6. The van der Waals surface area contributed by atoms with Crippen molar-refractivity contribution in [2.75, 3.05) is 7.11 Å². The second-order valence-electron chi connectivity index (χ2n) is 7.57. The highest BCUT2D eigenvalue weighted by Crippen LogP contribution is 2.50. The lowest BCUT2D eigenvalue weighted by Crippen LogP contribution is -2.53. The van der Waals surface area contributed by atoms with Crippen molar-refractivity contribution in [1.29, 1.82) is 0 Å². The molecule has 1 aliphatic heterocycles. The molecule has 4 heterocycles. The van der Waals surface area contributed by atoms with Crippen LogP contribution < -0.4 is 25.3 Å². The van der Waals surface area contributed by atoms with Crippen molar-refractivity contribution in [2.24, 2.45) is 4.99 Å². The average molecular weight is 489 g/mol. The van der Waals surface area contributed by atoms with Gasteiger partial charge in [0.05, 0.1) is 38.3 Å². The zero-order valence-corrected chi connectivity index (χ0v) is 18.2. The maximum Gasteiger partial charge on any atom is 0.431 e. The number of fused-ring (bicyclic) bond motifs is 1. The highest BCUT2D eigenvalue weighted by atomic mass is 32.1. The first-order chi connectivity index (χ1) is 15.2. The van der Waals surface area contributed by atoms with E-state index in [4.69, 9.17) is 4.74 Å². The number of H-pyrrole nitrogens is 2. The number of rotatable bonds is 3. The van der Waals surface area contributed by atoms with Gasteiger partial charge in [0.2, 0.25) is 0 Å². The Kier molecular flexibility index (Phi) is 5.28. The molecule has 0 amide bonds. The number of nitrogens with zero attached hydrogens (tertiary/aromatic N) is 1. The van der Waals surface area contributed by atoms with E-state index in [1.807, 2.05) is 26.0 Å². The standard InChI is InChI=1S/C21H17F6N3O2S/c1-9-4-10(2)28-11(9)5-14-16(32-3)6-12(29-14)13-7-17-15(30-13)8-18(33-17)19(31,20(22,23)24)21(25,26)27/h4-8,28-29,31H,1-3H3/b13-12-,14-5-. The molecule has 33 heavy (non-hydrogen) atoms. The molecule has 3 aromatic rings. The predicted molar refractivity (Wildman–Crippen MR) is 109 cm³/mol. The Balaban J connectivity index is 1.83. The fraction of sp³-hybridized carbons (Fsp3) is 0.286. The highest BCUT2D eigenvalue weighted by molar-refractivity contribution is 7.10. The Hall–Kier alpha value is -2.99. The van der Waals surface area contributed by atoms with Gasteiger partial charge in [0, 0.05) is 17.5 Å². The van der Waals surface area contributed by atoms with Crippen molar-refractivity contribution in [3.8, 4) is 5.75 Å². The molecular formula is C21H17F6N3O2S. The van der Waals surface area contributed by atoms with Crippen LogP contribution in [-0.2, 0) is 5.60 Å². The molecule has 3 aromatic heterocycles. The number of aliphatic hydroxyl groups is 1. The van der Waals surface area contributed by atoms with Gasteiger partial charge in [0.1, 0.15) is 5.75 Å². The lowest BCUT2D eigenvalue weighted by atomic mass is 10.0. The maximum absolute atomic E-state index is 13.2. The summed E-state index contributed by atoms with van der Waals surface area (Å²) >= 11 is 0.187. The van der Waals surface area contributed by atoms with E-state index in [1.54, 1.807) is 6.07 Å². The third-order valence-electron chi connectivity index (χ3n) is 5.21. The summed E-state index contributed by atoms with van der Waals surface area (Å²) in [5.74, 6) is 0.479. The summed E-state index contributed by atoms with van der Waals surface area (Å²) in [4.78, 5) is 9.18. The van der Waals surface area contributed by atoms with Gasteiger partial charge in [-0.3, -0.25) is 0 Å². The Labute approximate surface area is 186 Å². The molecule has 4 rings (SSSR count). The molecule has 3 N–H and O–H groups in total. The van der Waals surface area contributed by atoms with E-state index in [1.165, 1.54) is 13.2 Å². The molecule has 0 spiro atoms. The number of thiophene rings is 1. The van der Waals surface area contributed by atoms with Crippen LogP contribution in [-0.4, -0.2) is 34.5 Å².